The molecule has 0 radical (unpaired) electrons. The first-order valence-corrected chi connectivity index (χ1v) is 6.80. The Morgan fingerprint density at radius 3 is 2.89 bits per heavy atom. The topological polar surface area (TPSA) is 49.5 Å². The van der Waals surface area contributed by atoms with E-state index < -0.39 is 0 Å². The maximum atomic E-state index is 9.65. The van der Waals surface area contributed by atoms with Crippen molar-refractivity contribution in [3.8, 4) is 0 Å². The van der Waals surface area contributed by atoms with E-state index in [-0.39, 0.29) is 6.10 Å². The van der Waals surface area contributed by atoms with Crippen LogP contribution in [0.2, 0.25) is 5.02 Å². The molecule has 18 heavy (non-hydrogen) atoms. The number of aliphatic hydroxyl groups excluding tert-OH is 1. The van der Waals surface area contributed by atoms with Crippen molar-refractivity contribution in [3.05, 3.63) is 28.8 Å². The first kappa shape index (κ1) is 13.6. The fourth-order valence-corrected chi connectivity index (χ4v) is 2.96. The molecule has 0 aromatic heterocycles. The predicted molar refractivity (Wildman–Crippen MR) is 79.3 cm³/mol. The molecule has 0 amide bonds. The van der Waals surface area contributed by atoms with Crippen LogP contribution in [0.1, 0.15) is 18.9 Å². The highest BCUT2D eigenvalue weighted by molar-refractivity contribution is 7.80. The van der Waals surface area contributed by atoms with Gasteiger partial charge in [0.2, 0.25) is 0 Å². The Labute approximate surface area is 118 Å². The highest BCUT2D eigenvalue weighted by Crippen LogP contribution is 2.32. The van der Waals surface area contributed by atoms with Gasteiger partial charge in [0, 0.05) is 24.7 Å². The van der Waals surface area contributed by atoms with Crippen molar-refractivity contribution in [2.75, 3.05) is 18.0 Å². The summed E-state index contributed by atoms with van der Waals surface area (Å²) in [4.78, 5) is 2.51. The second-order valence-corrected chi connectivity index (χ2v) is 5.58. The Hall–Kier alpha value is -0.840. The van der Waals surface area contributed by atoms with Gasteiger partial charge in [0.25, 0.3) is 0 Å². The van der Waals surface area contributed by atoms with Gasteiger partial charge < -0.3 is 15.7 Å². The standard InChI is InChI=1S/C13H17ClN2OS/c1-8(17)9-5-6-16(7-9)11-4-2-3-10(14)12(11)13(15)18/h2-4,8-9,17H,5-7H2,1H3,(H2,15,18). The lowest BCUT2D eigenvalue weighted by molar-refractivity contribution is 0.136. The fraction of sp³-hybridized carbons (Fsp3) is 0.462. The van der Waals surface area contributed by atoms with Crippen LogP contribution < -0.4 is 10.6 Å². The zero-order chi connectivity index (χ0) is 13.3. The normalized spacial score (nSPS) is 21.1. The van der Waals surface area contributed by atoms with Gasteiger partial charge in [0.05, 0.1) is 16.7 Å². The van der Waals surface area contributed by atoms with Gasteiger partial charge in [-0.05, 0) is 25.5 Å². The summed E-state index contributed by atoms with van der Waals surface area (Å²) in [5.74, 6) is 0.295. The molecule has 1 aliphatic heterocycles. The Balaban J connectivity index is 2.30. The highest BCUT2D eigenvalue weighted by atomic mass is 35.5. The van der Waals surface area contributed by atoms with E-state index in [0.29, 0.717) is 15.9 Å². The molecule has 1 aliphatic rings. The minimum atomic E-state index is -0.289. The smallest absolute Gasteiger partial charge is 0.107 e. The molecule has 3 nitrogen and oxygen atoms in total. The second-order valence-electron chi connectivity index (χ2n) is 4.73. The van der Waals surface area contributed by atoms with Crippen LogP contribution in [0, 0.1) is 5.92 Å². The molecule has 3 N–H and O–H groups in total. The van der Waals surface area contributed by atoms with E-state index in [9.17, 15) is 5.11 Å². The highest BCUT2D eigenvalue weighted by Gasteiger charge is 2.28. The summed E-state index contributed by atoms with van der Waals surface area (Å²) in [6.45, 7) is 3.54. The molecule has 0 aliphatic carbocycles. The quantitative estimate of drug-likeness (QED) is 0.836. The van der Waals surface area contributed by atoms with E-state index in [1.165, 1.54) is 0 Å². The average molecular weight is 285 g/mol. The van der Waals surface area contributed by atoms with Crippen molar-refractivity contribution in [1.29, 1.82) is 0 Å². The van der Waals surface area contributed by atoms with Gasteiger partial charge in [-0.1, -0.05) is 29.9 Å². The number of anilines is 1. The molecule has 1 aromatic rings. The fourth-order valence-electron chi connectivity index (χ4n) is 2.42. The SMILES string of the molecule is CC(O)C1CCN(c2cccc(Cl)c2C(N)=S)C1. The van der Waals surface area contributed by atoms with Crippen molar-refractivity contribution in [2.24, 2.45) is 11.7 Å². The van der Waals surface area contributed by atoms with Gasteiger partial charge in [-0.25, -0.2) is 0 Å². The van der Waals surface area contributed by atoms with Gasteiger partial charge in [0.1, 0.15) is 4.99 Å². The molecular weight excluding hydrogens is 268 g/mol. The van der Waals surface area contributed by atoms with Crippen molar-refractivity contribution in [1.82, 2.24) is 0 Å². The molecule has 98 valence electrons. The zero-order valence-corrected chi connectivity index (χ0v) is 11.8. The van der Waals surface area contributed by atoms with Crippen molar-refractivity contribution < 1.29 is 5.11 Å². The van der Waals surface area contributed by atoms with E-state index in [1.807, 2.05) is 19.1 Å². The van der Waals surface area contributed by atoms with Gasteiger partial charge in [-0.3, -0.25) is 0 Å². The van der Waals surface area contributed by atoms with Crippen LogP contribution in [0.5, 0.6) is 0 Å². The monoisotopic (exact) mass is 284 g/mol. The minimum Gasteiger partial charge on any atom is -0.393 e. The number of thiocarbonyl (C=S) groups is 1. The molecule has 1 aromatic carbocycles. The summed E-state index contributed by atoms with van der Waals surface area (Å²) >= 11 is 11.2. The van der Waals surface area contributed by atoms with Crippen LogP contribution in [-0.4, -0.2) is 29.3 Å². The number of hydrogen-bond acceptors (Lipinski definition) is 3. The lowest BCUT2D eigenvalue weighted by atomic mass is 10.0. The maximum absolute atomic E-state index is 9.65. The summed E-state index contributed by atoms with van der Waals surface area (Å²) in [5.41, 5.74) is 7.46. The van der Waals surface area contributed by atoms with Gasteiger partial charge in [-0.15, -0.1) is 0 Å². The third-order valence-electron chi connectivity index (χ3n) is 3.49. The Morgan fingerprint density at radius 1 is 1.61 bits per heavy atom. The molecule has 1 fully saturated rings. The number of rotatable bonds is 3. The van der Waals surface area contributed by atoms with Crippen LogP contribution >= 0.6 is 23.8 Å². The maximum Gasteiger partial charge on any atom is 0.107 e. The second kappa shape index (κ2) is 5.43. The van der Waals surface area contributed by atoms with Crippen molar-refractivity contribution >= 4 is 34.5 Å². The number of nitrogens with two attached hydrogens (primary N) is 1. The third kappa shape index (κ3) is 2.60. The minimum absolute atomic E-state index is 0.289. The Morgan fingerprint density at radius 2 is 2.33 bits per heavy atom. The van der Waals surface area contributed by atoms with Crippen molar-refractivity contribution in [2.45, 2.75) is 19.4 Å². The van der Waals surface area contributed by atoms with Crippen LogP contribution in [0.3, 0.4) is 0 Å². The summed E-state index contributed by atoms with van der Waals surface area (Å²) in [6, 6.07) is 5.67. The molecule has 1 saturated heterocycles. The molecule has 1 heterocycles. The summed E-state index contributed by atoms with van der Waals surface area (Å²) in [5, 5.41) is 10.2. The van der Waals surface area contributed by atoms with Crippen LogP contribution in [0.15, 0.2) is 18.2 Å². The molecular formula is C13H17ClN2OS. The zero-order valence-electron chi connectivity index (χ0n) is 10.3. The predicted octanol–water partition coefficient (Wildman–Crippen LogP) is 2.18. The number of benzene rings is 1. The molecule has 5 heteroatoms. The van der Waals surface area contributed by atoms with Crippen molar-refractivity contribution in [3.63, 3.8) is 0 Å². The molecule has 2 atom stereocenters. The van der Waals surface area contributed by atoms with E-state index in [0.717, 1.165) is 30.8 Å². The lowest BCUT2D eigenvalue weighted by Gasteiger charge is -2.23. The summed E-state index contributed by atoms with van der Waals surface area (Å²) in [7, 11) is 0. The summed E-state index contributed by atoms with van der Waals surface area (Å²) < 4.78 is 0. The molecule has 2 rings (SSSR count). The number of halogens is 1. The van der Waals surface area contributed by atoms with E-state index in [1.54, 1.807) is 6.07 Å². The number of aliphatic hydroxyl groups is 1. The lowest BCUT2D eigenvalue weighted by Crippen LogP contribution is -2.26. The molecule has 2 unspecified atom stereocenters. The largest absolute Gasteiger partial charge is 0.393 e. The van der Waals surface area contributed by atoms with Crippen LogP contribution in [0.25, 0.3) is 0 Å². The van der Waals surface area contributed by atoms with E-state index in [2.05, 4.69) is 4.90 Å². The van der Waals surface area contributed by atoms with Gasteiger partial charge in [-0.2, -0.15) is 0 Å². The van der Waals surface area contributed by atoms with Gasteiger partial charge >= 0.3 is 0 Å². The first-order valence-electron chi connectivity index (χ1n) is 6.02. The van der Waals surface area contributed by atoms with Gasteiger partial charge in [0.15, 0.2) is 0 Å². The Bertz CT molecular complexity index is 464. The molecule has 0 spiro atoms. The molecule has 0 bridgehead atoms. The van der Waals surface area contributed by atoms with Crippen LogP contribution in [-0.2, 0) is 0 Å². The third-order valence-corrected chi connectivity index (χ3v) is 4.00. The van der Waals surface area contributed by atoms with E-state index >= 15 is 0 Å². The van der Waals surface area contributed by atoms with E-state index in [4.69, 9.17) is 29.6 Å². The number of nitrogens with zero attached hydrogens (tertiary/aromatic N) is 1. The Kier molecular flexibility index (Phi) is 4.10. The number of hydrogen-bond donors (Lipinski definition) is 2. The average Bonchev–Trinajstić information content (AvgIpc) is 2.77. The molecule has 0 saturated carbocycles. The first-order chi connectivity index (χ1) is 8.50. The van der Waals surface area contributed by atoms with Crippen LogP contribution in [0.4, 0.5) is 5.69 Å². The summed E-state index contributed by atoms with van der Waals surface area (Å²) in [6.07, 6.45) is 0.684.